The van der Waals surface area contributed by atoms with Gasteiger partial charge in [-0.1, -0.05) is 0 Å². The first kappa shape index (κ1) is 12.5. The van der Waals surface area contributed by atoms with Crippen molar-refractivity contribution in [3.05, 3.63) is 0 Å². The number of nitrogens with zero attached hydrogens (tertiary/aromatic N) is 1. The molecule has 0 aromatic heterocycles. The maximum absolute atomic E-state index is 10.8. The van der Waals surface area contributed by atoms with Crippen molar-refractivity contribution in [2.24, 2.45) is 0 Å². The van der Waals surface area contributed by atoms with E-state index in [-0.39, 0.29) is 5.97 Å². The zero-order valence-electron chi connectivity index (χ0n) is 9.79. The third-order valence-corrected chi connectivity index (χ3v) is 2.94. The molecule has 0 aliphatic carbocycles. The molecule has 15 heavy (non-hydrogen) atoms. The summed E-state index contributed by atoms with van der Waals surface area (Å²) in [5.41, 5.74) is 0. The Bertz CT molecular complexity index is 191. The van der Waals surface area contributed by atoms with Gasteiger partial charge in [0.15, 0.2) is 0 Å². The predicted octanol–water partition coefficient (Wildman–Crippen LogP) is 0.623. The van der Waals surface area contributed by atoms with Gasteiger partial charge in [-0.2, -0.15) is 0 Å². The highest BCUT2D eigenvalue weighted by Gasteiger charge is 2.17. The molecule has 4 heteroatoms. The van der Waals surface area contributed by atoms with Gasteiger partial charge in [-0.05, 0) is 32.9 Å². The van der Waals surface area contributed by atoms with E-state index < -0.39 is 0 Å². The molecular formula is C11H22N2O2. The lowest BCUT2D eigenvalue weighted by molar-refractivity contribution is -0.140. The van der Waals surface area contributed by atoms with Crippen molar-refractivity contribution in [2.75, 3.05) is 33.3 Å². The fourth-order valence-electron chi connectivity index (χ4n) is 1.91. The van der Waals surface area contributed by atoms with Crippen LogP contribution in [-0.4, -0.2) is 50.2 Å². The van der Waals surface area contributed by atoms with Crippen LogP contribution in [0, 0.1) is 0 Å². The molecule has 1 aliphatic rings. The summed E-state index contributed by atoms with van der Waals surface area (Å²) in [5, 5.41) is 3.28. The van der Waals surface area contributed by atoms with Crippen LogP contribution in [0.25, 0.3) is 0 Å². The summed E-state index contributed by atoms with van der Waals surface area (Å²) in [6, 6.07) is 0.574. The van der Waals surface area contributed by atoms with Gasteiger partial charge in [0.2, 0.25) is 0 Å². The van der Waals surface area contributed by atoms with E-state index >= 15 is 0 Å². The Morgan fingerprint density at radius 3 is 2.73 bits per heavy atom. The summed E-state index contributed by atoms with van der Waals surface area (Å²) < 4.78 is 4.57. The quantitative estimate of drug-likeness (QED) is 0.520. The van der Waals surface area contributed by atoms with E-state index in [0.29, 0.717) is 19.0 Å². The van der Waals surface area contributed by atoms with E-state index in [0.717, 1.165) is 6.54 Å². The molecule has 0 bridgehead atoms. The van der Waals surface area contributed by atoms with Crippen LogP contribution in [0.2, 0.25) is 0 Å². The van der Waals surface area contributed by atoms with Gasteiger partial charge in [-0.25, -0.2) is 0 Å². The van der Waals surface area contributed by atoms with E-state index in [9.17, 15) is 4.79 Å². The number of nitrogens with one attached hydrogen (secondary N) is 1. The third kappa shape index (κ3) is 4.62. The number of ether oxygens (including phenoxy) is 1. The second kappa shape index (κ2) is 6.80. The molecule has 0 aromatic rings. The monoisotopic (exact) mass is 214 g/mol. The molecule has 1 fully saturated rings. The first-order chi connectivity index (χ1) is 7.24. The maximum Gasteiger partial charge on any atom is 0.306 e. The first-order valence-corrected chi connectivity index (χ1v) is 5.75. The van der Waals surface area contributed by atoms with Crippen LogP contribution in [0.15, 0.2) is 0 Å². The average Bonchev–Trinajstić information content (AvgIpc) is 2.77. The Balaban J connectivity index is 2.01. The van der Waals surface area contributed by atoms with Crippen molar-refractivity contribution in [1.82, 2.24) is 10.2 Å². The maximum atomic E-state index is 10.8. The minimum absolute atomic E-state index is 0.142. The Morgan fingerprint density at radius 2 is 2.13 bits per heavy atom. The van der Waals surface area contributed by atoms with E-state index in [1.165, 1.54) is 33.0 Å². The van der Waals surface area contributed by atoms with E-state index in [4.69, 9.17) is 0 Å². The molecule has 0 aromatic carbocycles. The van der Waals surface area contributed by atoms with E-state index in [1.807, 2.05) is 0 Å². The van der Waals surface area contributed by atoms with Gasteiger partial charge in [-0.15, -0.1) is 0 Å². The second-order valence-corrected chi connectivity index (χ2v) is 4.12. The van der Waals surface area contributed by atoms with Gasteiger partial charge in [-0.3, -0.25) is 9.69 Å². The standard InChI is InChI=1S/C11H22N2O2/c1-10(13-7-3-4-8-13)9-12-6-5-11(14)15-2/h10,12H,3-9H2,1-2H3. The van der Waals surface area contributed by atoms with E-state index in [1.54, 1.807) is 0 Å². The highest BCUT2D eigenvalue weighted by molar-refractivity contribution is 5.69. The van der Waals surface area contributed by atoms with Crippen LogP contribution in [-0.2, 0) is 9.53 Å². The highest BCUT2D eigenvalue weighted by Crippen LogP contribution is 2.10. The van der Waals surface area contributed by atoms with E-state index in [2.05, 4.69) is 21.9 Å². The van der Waals surface area contributed by atoms with Crippen molar-refractivity contribution in [3.8, 4) is 0 Å². The molecule has 1 N–H and O–H groups in total. The number of likely N-dealkylation sites (tertiary alicyclic amines) is 1. The van der Waals surface area contributed by atoms with Crippen molar-refractivity contribution in [1.29, 1.82) is 0 Å². The lowest BCUT2D eigenvalue weighted by atomic mass is 10.3. The molecule has 1 atom stereocenters. The molecule has 4 nitrogen and oxygen atoms in total. The lowest BCUT2D eigenvalue weighted by Gasteiger charge is -2.23. The van der Waals surface area contributed by atoms with Gasteiger partial charge in [0.1, 0.15) is 0 Å². The van der Waals surface area contributed by atoms with Crippen LogP contribution >= 0.6 is 0 Å². The molecule has 1 unspecified atom stereocenters. The van der Waals surface area contributed by atoms with Gasteiger partial charge in [0.25, 0.3) is 0 Å². The molecule has 0 amide bonds. The van der Waals surface area contributed by atoms with Crippen molar-refractivity contribution in [3.63, 3.8) is 0 Å². The zero-order chi connectivity index (χ0) is 11.1. The summed E-state index contributed by atoms with van der Waals surface area (Å²) in [7, 11) is 1.43. The summed E-state index contributed by atoms with van der Waals surface area (Å²) in [6.45, 7) is 6.35. The van der Waals surface area contributed by atoms with Gasteiger partial charge in [0.05, 0.1) is 13.5 Å². The van der Waals surface area contributed by atoms with Gasteiger partial charge in [0, 0.05) is 19.1 Å². The number of methoxy groups -OCH3 is 1. The van der Waals surface area contributed by atoms with Crippen LogP contribution in [0.3, 0.4) is 0 Å². The summed E-state index contributed by atoms with van der Waals surface area (Å²) in [4.78, 5) is 13.3. The Morgan fingerprint density at radius 1 is 1.47 bits per heavy atom. The smallest absolute Gasteiger partial charge is 0.306 e. The molecular weight excluding hydrogens is 192 g/mol. The summed E-state index contributed by atoms with van der Waals surface area (Å²) >= 11 is 0. The number of esters is 1. The number of hydrogen-bond acceptors (Lipinski definition) is 4. The molecule has 1 aliphatic heterocycles. The number of carbonyl (C=O) groups is 1. The first-order valence-electron chi connectivity index (χ1n) is 5.75. The van der Waals surface area contributed by atoms with Crippen LogP contribution in [0.4, 0.5) is 0 Å². The minimum Gasteiger partial charge on any atom is -0.469 e. The van der Waals surface area contributed by atoms with Crippen molar-refractivity contribution in [2.45, 2.75) is 32.2 Å². The molecule has 1 heterocycles. The van der Waals surface area contributed by atoms with Crippen molar-refractivity contribution < 1.29 is 9.53 Å². The zero-order valence-corrected chi connectivity index (χ0v) is 9.79. The topological polar surface area (TPSA) is 41.6 Å². The number of carbonyl (C=O) groups excluding carboxylic acids is 1. The van der Waals surface area contributed by atoms with Crippen molar-refractivity contribution >= 4 is 5.97 Å². The van der Waals surface area contributed by atoms with Gasteiger partial charge >= 0.3 is 5.97 Å². The van der Waals surface area contributed by atoms with Crippen LogP contribution in [0.5, 0.6) is 0 Å². The SMILES string of the molecule is COC(=O)CCNCC(C)N1CCCC1. The molecule has 0 spiro atoms. The lowest BCUT2D eigenvalue weighted by Crippen LogP contribution is -2.39. The third-order valence-electron chi connectivity index (χ3n) is 2.94. The molecule has 88 valence electrons. The minimum atomic E-state index is -0.142. The molecule has 1 saturated heterocycles. The molecule has 0 saturated carbocycles. The van der Waals surface area contributed by atoms with Crippen LogP contribution in [0.1, 0.15) is 26.2 Å². The molecule has 0 radical (unpaired) electrons. The fraction of sp³-hybridized carbons (Fsp3) is 0.909. The Labute approximate surface area is 92.0 Å². The molecule has 1 rings (SSSR count). The highest BCUT2D eigenvalue weighted by atomic mass is 16.5. The van der Waals surface area contributed by atoms with Crippen LogP contribution < -0.4 is 5.32 Å². The largest absolute Gasteiger partial charge is 0.469 e. The Hall–Kier alpha value is -0.610. The average molecular weight is 214 g/mol. The Kier molecular flexibility index (Phi) is 5.65. The fourth-order valence-corrected chi connectivity index (χ4v) is 1.91. The second-order valence-electron chi connectivity index (χ2n) is 4.12. The summed E-state index contributed by atoms with van der Waals surface area (Å²) in [6.07, 6.45) is 3.11. The predicted molar refractivity (Wildman–Crippen MR) is 59.8 cm³/mol. The normalized spacial score (nSPS) is 19.1. The van der Waals surface area contributed by atoms with Gasteiger partial charge < -0.3 is 10.1 Å². The number of rotatable bonds is 6. The summed E-state index contributed by atoms with van der Waals surface area (Å²) in [5.74, 6) is -0.142. The number of hydrogen-bond donors (Lipinski definition) is 1.